The first-order valence-electron chi connectivity index (χ1n) is 9.34. The zero-order chi connectivity index (χ0) is 21.6. The van der Waals surface area contributed by atoms with Crippen molar-refractivity contribution in [2.75, 3.05) is 27.4 Å². The number of nitrogens with one attached hydrogen (secondary N) is 2. The summed E-state index contributed by atoms with van der Waals surface area (Å²) < 4.78 is 15.8. The third-order valence-corrected chi connectivity index (χ3v) is 4.31. The van der Waals surface area contributed by atoms with Crippen molar-refractivity contribution in [1.29, 1.82) is 0 Å². The van der Waals surface area contributed by atoms with Crippen LogP contribution in [-0.2, 0) is 9.53 Å². The largest absolute Gasteiger partial charge is 0.493 e. The van der Waals surface area contributed by atoms with E-state index in [1.165, 1.54) is 14.2 Å². The van der Waals surface area contributed by atoms with Gasteiger partial charge in [0.25, 0.3) is 11.7 Å². The number of aromatic nitrogens is 1. The molecule has 2 rings (SSSR count). The van der Waals surface area contributed by atoms with Crippen LogP contribution in [0.5, 0.6) is 11.5 Å². The monoisotopic (exact) mass is 402 g/mol. The quantitative estimate of drug-likeness (QED) is 0.379. The number of aromatic amines is 1. The Morgan fingerprint density at radius 3 is 2.34 bits per heavy atom. The summed E-state index contributed by atoms with van der Waals surface area (Å²) in [7, 11) is 3.00. The van der Waals surface area contributed by atoms with Gasteiger partial charge in [0.05, 0.1) is 26.4 Å². The maximum absolute atomic E-state index is 12.8. The second-order valence-corrected chi connectivity index (χ2v) is 6.25. The smallest absolute Gasteiger partial charge is 0.340 e. The molecule has 1 heterocycles. The summed E-state index contributed by atoms with van der Waals surface area (Å²) in [4.78, 5) is 40.6. The van der Waals surface area contributed by atoms with Gasteiger partial charge in [-0.25, -0.2) is 4.79 Å². The Labute approximate surface area is 169 Å². The van der Waals surface area contributed by atoms with Crippen molar-refractivity contribution in [2.45, 2.75) is 27.2 Å². The summed E-state index contributed by atoms with van der Waals surface area (Å²) in [6.07, 6.45) is 0.694. The van der Waals surface area contributed by atoms with E-state index < -0.39 is 17.7 Å². The average molecular weight is 402 g/mol. The van der Waals surface area contributed by atoms with Crippen molar-refractivity contribution in [2.24, 2.45) is 0 Å². The molecule has 1 aromatic carbocycles. The highest BCUT2D eigenvalue weighted by molar-refractivity contribution is 6.43. The molecule has 0 aliphatic heterocycles. The lowest BCUT2D eigenvalue weighted by Crippen LogP contribution is -2.32. The number of amides is 1. The maximum Gasteiger partial charge on any atom is 0.340 e. The molecule has 8 nitrogen and oxygen atoms in total. The van der Waals surface area contributed by atoms with Crippen LogP contribution in [0, 0.1) is 6.92 Å². The number of H-pyrrole nitrogens is 1. The van der Waals surface area contributed by atoms with E-state index in [0.717, 1.165) is 0 Å². The first-order chi connectivity index (χ1) is 13.9. The van der Waals surface area contributed by atoms with Gasteiger partial charge in [-0.05, 0) is 38.0 Å². The zero-order valence-corrected chi connectivity index (χ0v) is 17.3. The summed E-state index contributed by atoms with van der Waals surface area (Å²) in [6.45, 7) is 5.78. The number of ketones is 1. The highest BCUT2D eigenvalue weighted by Gasteiger charge is 2.30. The predicted octanol–water partition coefficient (Wildman–Crippen LogP) is 2.89. The van der Waals surface area contributed by atoms with Crippen LogP contribution in [0.4, 0.5) is 0 Å². The number of hydrogen-bond donors (Lipinski definition) is 2. The van der Waals surface area contributed by atoms with Gasteiger partial charge in [0.1, 0.15) is 5.69 Å². The van der Waals surface area contributed by atoms with Crippen LogP contribution in [0.1, 0.15) is 46.8 Å². The van der Waals surface area contributed by atoms with Gasteiger partial charge < -0.3 is 24.5 Å². The van der Waals surface area contributed by atoms with Crippen molar-refractivity contribution in [3.63, 3.8) is 0 Å². The molecule has 1 amide bonds. The van der Waals surface area contributed by atoms with Crippen LogP contribution in [0.2, 0.25) is 0 Å². The number of ether oxygens (including phenoxy) is 3. The number of esters is 1. The van der Waals surface area contributed by atoms with E-state index in [9.17, 15) is 14.4 Å². The number of rotatable bonds is 9. The fraction of sp³-hybridized carbons (Fsp3) is 0.381. The second-order valence-electron chi connectivity index (χ2n) is 6.25. The molecule has 156 valence electrons. The number of methoxy groups -OCH3 is 2. The van der Waals surface area contributed by atoms with E-state index in [1.54, 1.807) is 32.0 Å². The highest BCUT2D eigenvalue weighted by Crippen LogP contribution is 2.37. The molecule has 0 radical (unpaired) electrons. The Morgan fingerprint density at radius 1 is 1.07 bits per heavy atom. The molecule has 1 aromatic heterocycles. The van der Waals surface area contributed by atoms with E-state index in [4.69, 9.17) is 14.2 Å². The van der Waals surface area contributed by atoms with Crippen LogP contribution in [0.15, 0.2) is 18.2 Å². The Balaban J connectivity index is 2.68. The minimum atomic E-state index is -0.762. The van der Waals surface area contributed by atoms with E-state index in [2.05, 4.69) is 10.3 Å². The van der Waals surface area contributed by atoms with E-state index in [0.29, 0.717) is 41.3 Å². The fourth-order valence-electron chi connectivity index (χ4n) is 2.97. The molecule has 0 aliphatic carbocycles. The van der Waals surface area contributed by atoms with Gasteiger partial charge in [-0.15, -0.1) is 0 Å². The summed E-state index contributed by atoms with van der Waals surface area (Å²) >= 11 is 0. The minimum absolute atomic E-state index is 0.0198. The lowest BCUT2D eigenvalue weighted by molar-refractivity contribution is -0.117. The van der Waals surface area contributed by atoms with Gasteiger partial charge in [0.2, 0.25) is 0 Å². The van der Waals surface area contributed by atoms with E-state index in [-0.39, 0.29) is 17.9 Å². The SMILES string of the molecule is CCCNC(=O)C(=O)c1[nH]c(C)c(C(=O)OCC)c1-c1ccc(OC)c(OC)c1. The lowest BCUT2D eigenvalue weighted by atomic mass is 9.97. The molecule has 0 fully saturated rings. The normalized spacial score (nSPS) is 10.4. The van der Waals surface area contributed by atoms with Gasteiger partial charge >= 0.3 is 5.97 Å². The van der Waals surface area contributed by atoms with Gasteiger partial charge in [0, 0.05) is 17.8 Å². The van der Waals surface area contributed by atoms with Crippen molar-refractivity contribution >= 4 is 17.7 Å². The highest BCUT2D eigenvalue weighted by atomic mass is 16.5. The molecular formula is C21H26N2O6. The molecule has 0 saturated heterocycles. The number of hydrogen-bond acceptors (Lipinski definition) is 6. The number of Topliss-reactive ketones (excluding diaryl/α,β-unsaturated/α-hetero) is 1. The lowest BCUT2D eigenvalue weighted by Gasteiger charge is -2.12. The third-order valence-electron chi connectivity index (χ3n) is 4.31. The van der Waals surface area contributed by atoms with Crippen LogP contribution in [0.25, 0.3) is 11.1 Å². The van der Waals surface area contributed by atoms with Gasteiger partial charge in [0.15, 0.2) is 11.5 Å². The minimum Gasteiger partial charge on any atom is -0.493 e. The summed E-state index contributed by atoms with van der Waals surface area (Å²) in [6, 6.07) is 5.00. The summed E-state index contributed by atoms with van der Waals surface area (Å²) in [5, 5.41) is 2.56. The molecule has 29 heavy (non-hydrogen) atoms. The number of carbonyl (C=O) groups excluding carboxylic acids is 3. The van der Waals surface area contributed by atoms with Crippen LogP contribution in [-0.4, -0.2) is 50.0 Å². The van der Waals surface area contributed by atoms with Crippen LogP contribution < -0.4 is 14.8 Å². The van der Waals surface area contributed by atoms with Gasteiger partial charge in [-0.3, -0.25) is 9.59 Å². The molecular weight excluding hydrogens is 376 g/mol. The van der Waals surface area contributed by atoms with Crippen molar-refractivity contribution in [1.82, 2.24) is 10.3 Å². The van der Waals surface area contributed by atoms with Crippen molar-refractivity contribution < 1.29 is 28.6 Å². The van der Waals surface area contributed by atoms with Crippen molar-refractivity contribution in [3.8, 4) is 22.6 Å². The van der Waals surface area contributed by atoms with E-state index in [1.807, 2.05) is 6.92 Å². The van der Waals surface area contributed by atoms with Gasteiger partial charge in [-0.2, -0.15) is 0 Å². The molecule has 2 N–H and O–H groups in total. The van der Waals surface area contributed by atoms with Gasteiger partial charge in [-0.1, -0.05) is 13.0 Å². The Hall–Kier alpha value is -3.29. The standard InChI is InChI=1S/C21H26N2O6/c1-6-10-22-20(25)19(24)18-17(16(12(3)23-18)21(26)29-7-2)13-8-9-14(27-4)15(11-13)28-5/h8-9,11,23H,6-7,10H2,1-5H3,(H,22,25). The van der Waals surface area contributed by atoms with Crippen LogP contribution >= 0.6 is 0 Å². The first-order valence-corrected chi connectivity index (χ1v) is 9.34. The predicted molar refractivity (Wildman–Crippen MR) is 108 cm³/mol. The Bertz CT molecular complexity index is 916. The summed E-state index contributed by atoms with van der Waals surface area (Å²) in [5.41, 5.74) is 1.46. The third kappa shape index (κ3) is 4.59. The second kappa shape index (κ2) is 9.77. The Morgan fingerprint density at radius 2 is 1.76 bits per heavy atom. The fourth-order valence-corrected chi connectivity index (χ4v) is 2.97. The number of benzene rings is 1. The summed E-state index contributed by atoms with van der Waals surface area (Å²) in [5.74, 6) is -1.17. The maximum atomic E-state index is 12.8. The zero-order valence-electron chi connectivity index (χ0n) is 17.3. The molecule has 0 aliphatic rings. The molecule has 2 aromatic rings. The first kappa shape index (κ1) is 22.0. The molecule has 0 spiro atoms. The average Bonchev–Trinajstić information content (AvgIpc) is 3.07. The number of carbonyl (C=O) groups is 3. The topological polar surface area (TPSA) is 107 Å². The number of aryl methyl sites for hydroxylation is 1. The van der Waals surface area contributed by atoms with Crippen LogP contribution in [0.3, 0.4) is 0 Å². The molecule has 0 bridgehead atoms. The molecule has 0 saturated carbocycles. The Kier molecular flexibility index (Phi) is 7.41. The molecule has 0 atom stereocenters. The molecule has 8 heteroatoms. The van der Waals surface area contributed by atoms with Crippen molar-refractivity contribution in [3.05, 3.63) is 35.2 Å². The van der Waals surface area contributed by atoms with E-state index >= 15 is 0 Å². The molecule has 0 unspecified atom stereocenters.